The molecule has 1 unspecified atom stereocenters. The van der Waals surface area contributed by atoms with E-state index in [4.69, 9.17) is 19.3 Å². The molecular formula is C15H20O6. The number of fused-ring (bicyclic) bond motifs is 5. The van der Waals surface area contributed by atoms with Crippen LogP contribution in [0.5, 0.6) is 0 Å². The van der Waals surface area contributed by atoms with E-state index in [1.165, 1.54) is 6.08 Å². The smallest absolute Gasteiger partial charge is 0.327 e. The maximum Gasteiger partial charge on any atom is 0.327 e. The van der Waals surface area contributed by atoms with Crippen molar-refractivity contribution in [1.82, 2.24) is 0 Å². The second kappa shape index (κ2) is 4.07. The number of carboxylic acids is 1. The van der Waals surface area contributed by atoms with Gasteiger partial charge >= 0.3 is 5.97 Å². The predicted molar refractivity (Wildman–Crippen MR) is 70.1 cm³/mol. The van der Waals surface area contributed by atoms with Gasteiger partial charge in [0, 0.05) is 6.08 Å². The fraction of sp³-hybridized carbons (Fsp3) is 0.800. The van der Waals surface area contributed by atoms with E-state index in [1.807, 2.05) is 13.8 Å². The van der Waals surface area contributed by atoms with Crippen LogP contribution in [0.15, 0.2) is 12.2 Å². The van der Waals surface area contributed by atoms with Gasteiger partial charge in [-0.2, -0.15) is 0 Å². The molecule has 0 aromatic rings. The normalized spacial score (nSPS) is 53.3. The van der Waals surface area contributed by atoms with Crippen molar-refractivity contribution in [2.45, 2.75) is 56.6 Å². The molecule has 0 aromatic heterocycles. The van der Waals surface area contributed by atoms with E-state index >= 15 is 0 Å². The summed E-state index contributed by atoms with van der Waals surface area (Å²) in [4.78, 5) is 10.7. The van der Waals surface area contributed by atoms with E-state index < -0.39 is 29.8 Å². The number of aliphatic hydroxyl groups is 1. The Morgan fingerprint density at radius 3 is 2.76 bits per heavy atom. The lowest BCUT2D eigenvalue weighted by molar-refractivity contribution is -0.231. The minimum atomic E-state index is -1.01. The second-order valence-corrected chi connectivity index (χ2v) is 7.11. The third-order valence-corrected chi connectivity index (χ3v) is 5.36. The van der Waals surface area contributed by atoms with Gasteiger partial charge in [-0.3, -0.25) is 0 Å². The lowest BCUT2D eigenvalue weighted by Crippen LogP contribution is -2.47. The number of hydrogen-bond donors (Lipinski definition) is 2. The first-order valence-corrected chi connectivity index (χ1v) is 7.45. The van der Waals surface area contributed by atoms with Gasteiger partial charge < -0.3 is 24.4 Å². The minimum absolute atomic E-state index is 0.150. The maximum absolute atomic E-state index is 11.0. The van der Waals surface area contributed by atoms with Gasteiger partial charge in [0.25, 0.3) is 0 Å². The van der Waals surface area contributed by atoms with Crippen molar-refractivity contribution < 1.29 is 29.2 Å². The van der Waals surface area contributed by atoms with E-state index in [0.29, 0.717) is 12.3 Å². The monoisotopic (exact) mass is 296 g/mol. The molecule has 4 aliphatic rings. The van der Waals surface area contributed by atoms with Crippen molar-refractivity contribution in [1.29, 1.82) is 0 Å². The van der Waals surface area contributed by atoms with Gasteiger partial charge in [-0.15, -0.1) is 0 Å². The number of aliphatic carboxylic acids is 1. The largest absolute Gasteiger partial charge is 0.478 e. The molecule has 0 spiro atoms. The van der Waals surface area contributed by atoms with Crippen LogP contribution in [0.25, 0.3) is 0 Å². The third-order valence-electron chi connectivity index (χ3n) is 5.36. The molecule has 0 amide bonds. The van der Waals surface area contributed by atoms with Crippen molar-refractivity contribution in [3.05, 3.63) is 12.2 Å². The van der Waals surface area contributed by atoms with Crippen LogP contribution in [0.1, 0.15) is 26.7 Å². The molecule has 2 heterocycles. The molecule has 0 radical (unpaired) electrons. The molecular weight excluding hydrogens is 276 g/mol. The van der Waals surface area contributed by atoms with Crippen molar-refractivity contribution >= 4 is 5.97 Å². The first-order valence-electron chi connectivity index (χ1n) is 7.45. The molecule has 0 aromatic carbocycles. The van der Waals surface area contributed by atoms with E-state index in [0.717, 1.165) is 6.42 Å². The quantitative estimate of drug-likeness (QED) is 0.736. The van der Waals surface area contributed by atoms with Crippen LogP contribution in [0, 0.1) is 17.8 Å². The molecule has 116 valence electrons. The number of hydrogen-bond acceptors (Lipinski definition) is 5. The lowest BCUT2D eigenvalue weighted by Gasteiger charge is -2.41. The summed E-state index contributed by atoms with van der Waals surface area (Å²) in [6.45, 7) is 3.63. The molecule has 4 fully saturated rings. The van der Waals surface area contributed by atoms with Crippen LogP contribution in [0.2, 0.25) is 0 Å². The summed E-state index contributed by atoms with van der Waals surface area (Å²) in [5.41, 5.74) is -1.01. The number of carbonyl (C=O) groups is 1. The van der Waals surface area contributed by atoms with Crippen LogP contribution in [-0.2, 0) is 19.0 Å². The fourth-order valence-corrected chi connectivity index (χ4v) is 4.59. The zero-order chi connectivity index (χ0) is 15.0. The van der Waals surface area contributed by atoms with Crippen molar-refractivity contribution in [2.24, 2.45) is 17.8 Å². The van der Waals surface area contributed by atoms with E-state index in [9.17, 15) is 9.90 Å². The topological polar surface area (TPSA) is 85.2 Å². The summed E-state index contributed by atoms with van der Waals surface area (Å²) in [6, 6.07) is 0. The van der Waals surface area contributed by atoms with Gasteiger partial charge in [0.15, 0.2) is 12.1 Å². The molecule has 6 nitrogen and oxygen atoms in total. The molecule has 2 aliphatic heterocycles. The average molecular weight is 296 g/mol. The Morgan fingerprint density at radius 2 is 2.05 bits per heavy atom. The van der Waals surface area contributed by atoms with Gasteiger partial charge in [-0.25, -0.2) is 4.79 Å². The summed E-state index contributed by atoms with van der Waals surface area (Å²) in [5.74, 6) is -0.996. The SMILES string of the molecule is CC1(C)O[C@H]2O[C@@H]3[C@@H]4C(/C=C/C(=O)O)C[C@@H]4C[C@]3(O)[C@H]2O1. The molecule has 6 heteroatoms. The summed E-state index contributed by atoms with van der Waals surface area (Å²) in [5, 5.41) is 19.8. The fourth-order valence-electron chi connectivity index (χ4n) is 4.59. The first kappa shape index (κ1) is 13.7. The summed E-state index contributed by atoms with van der Waals surface area (Å²) < 4.78 is 17.5. The van der Waals surface area contributed by atoms with Gasteiger partial charge in [-0.05, 0) is 44.4 Å². The zero-order valence-corrected chi connectivity index (χ0v) is 12.1. The average Bonchev–Trinajstić information content (AvgIpc) is 2.84. The molecule has 2 aliphatic carbocycles. The summed E-state index contributed by atoms with van der Waals surface area (Å²) in [6.07, 6.45) is 3.14. The van der Waals surface area contributed by atoms with E-state index in [2.05, 4.69) is 0 Å². The van der Waals surface area contributed by atoms with E-state index in [1.54, 1.807) is 6.08 Å². The highest BCUT2D eigenvalue weighted by atomic mass is 16.8. The highest BCUT2D eigenvalue weighted by Crippen LogP contribution is 2.62. The Balaban J connectivity index is 1.55. The highest BCUT2D eigenvalue weighted by Gasteiger charge is 2.72. The number of ether oxygens (including phenoxy) is 3. The van der Waals surface area contributed by atoms with Crippen LogP contribution in [-0.4, -0.2) is 46.1 Å². The Bertz CT molecular complexity index is 514. The Labute approximate surface area is 122 Å². The van der Waals surface area contributed by atoms with Gasteiger partial charge in [0.05, 0.1) is 6.10 Å². The summed E-state index contributed by atoms with van der Waals surface area (Å²) >= 11 is 0. The highest BCUT2D eigenvalue weighted by molar-refractivity contribution is 5.79. The predicted octanol–water partition coefficient (Wildman–Crippen LogP) is 0.891. The van der Waals surface area contributed by atoms with Crippen molar-refractivity contribution in [2.75, 3.05) is 0 Å². The Kier molecular flexibility index (Phi) is 2.65. The lowest BCUT2D eigenvalue weighted by atomic mass is 9.66. The van der Waals surface area contributed by atoms with Gasteiger partial charge in [-0.1, -0.05) is 6.08 Å². The van der Waals surface area contributed by atoms with Crippen LogP contribution < -0.4 is 0 Å². The maximum atomic E-state index is 11.0. The number of rotatable bonds is 2. The van der Waals surface area contributed by atoms with Crippen LogP contribution in [0.3, 0.4) is 0 Å². The first-order chi connectivity index (χ1) is 9.80. The van der Waals surface area contributed by atoms with E-state index in [-0.39, 0.29) is 17.9 Å². The minimum Gasteiger partial charge on any atom is -0.478 e. The second-order valence-electron chi connectivity index (χ2n) is 7.11. The standard InChI is InChI=1S/C15H20O6/c1-14(2)20-12-13(21-14)19-11-10-7(3-4-9(16)17)5-8(10)6-15(11,12)18/h3-4,7-8,10-13,18H,5-6H2,1-2H3,(H,16,17)/b4-3+/t7?,8-,10-,11-,12+,13-,15-/m1/s1. The molecule has 2 saturated carbocycles. The van der Waals surface area contributed by atoms with Crippen LogP contribution in [0.4, 0.5) is 0 Å². The molecule has 4 rings (SSSR count). The number of carboxylic acid groups (broad SMARTS) is 1. The third kappa shape index (κ3) is 1.83. The Hall–Kier alpha value is -0.950. The molecule has 21 heavy (non-hydrogen) atoms. The molecule has 2 N–H and O–H groups in total. The zero-order valence-electron chi connectivity index (χ0n) is 12.1. The van der Waals surface area contributed by atoms with Crippen molar-refractivity contribution in [3.63, 3.8) is 0 Å². The number of allylic oxidation sites excluding steroid dienone is 1. The van der Waals surface area contributed by atoms with Crippen molar-refractivity contribution in [3.8, 4) is 0 Å². The van der Waals surface area contributed by atoms with Crippen LogP contribution >= 0.6 is 0 Å². The van der Waals surface area contributed by atoms with Gasteiger partial charge in [0.2, 0.25) is 0 Å². The molecule has 0 bridgehead atoms. The molecule has 7 atom stereocenters. The summed E-state index contributed by atoms with van der Waals surface area (Å²) in [7, 11) is 0. The Morgan fingerprint density at radius 1 is 1.29 bits per heavy atom. The van der Waals surface area contributed by atoms with Gasteiger partial charge in [0.1, 0.15) is 11.7 Å². The molecule has 2 saturated heterocycles.